The van der Waals surface area contributed by atoms with Gasteiger partial charge in [0.2, 0.25) is 5.91 Å². The number of ether oxygens (including phenoxy) is 3. The summed E-state index contributed by atoms with van der Waals surface area (Å²) in [7, 11) is 5.03. The summed E-state index contributed by atoms with van der Waals surface area (Å²) in [5.74, 6) is 2.07. The molecule has 1 amide bonds. The predicted octanol–water partition coefficient (Wildman–Crippen LogP) is 3.93. The number of aliphatic hydroxyl groups is 1. The molecule has 0 aliphatic carbocycles. The van der Waals surface area contributed by atoms with Gasteiger partial charge in [0, 0.05) is 45.2 Å². The van der Waals surface area contributed by atoms with Gasteiger partial charge in [0.05, 0.1) is 19.8 Å². The van der Waals surface area contributed by atoms with Crippen LogP contribution in [0.15, 0.2) is 18.2 Å². The van der Waals surface area contributed by atoms with Crippen molar-refractivity contribution in [1.82, 2.24) is 4.90 Å². The summed E-state index contributed by atoms with van der Waals surface area (Å²) in [4.78, 5) is 14.0. The Morgan fingerprint density at radius 3 is 2.32 bits per heavy atom. The zero-order chi connectivity index (χ0) is 25.2. The first-order valence-electron chi connectivity index (χ1n) is 11.9. The number of nitrogens with zero attached hydrogens (tertiary/aromatic N) is 1. The molecular weight excluding hydrogens is 456 g/mol. The van der Waals surface area contributed by atoms with Crippen molar-refractivity contribution in [3.63, 3.8) is 0 Å². The molecule has 0 saturated carbocycles. The highest BCUT2D eigenvalue weighted by atomic mass is 35.5. The highest BCUT2D eigenvalue weighted by Gasteiger charge is 2.29. The van der Waals surface area contributed by atoms with E-state index in [0.29, 0.717) is 31.3 Å². The third kappa shape index (κ3) is 10.8. The first-order valence-corrected chi connectivity index (χ1v) is 11.9. The Balaban J connectivity index is 0.0000109. The molecule has 0 spiro atoms. The zero-order valence-corrected chi connectivity index (χ0v) is 23.1. The molecule has 34 heavy (non-hydrogen) atoms. The Morgan fingerprint density at radius 1 is 1.15 bits per heavy atom. The number of likely N-dealkylation sites (N-methyl/N-ethyl adjacent to an activating group) is 1. The van der Waals surface area contributed by atoms with Crippen LogP contribution in [0.4, 0.5) is 0 Å². The van der Waals surface area contributed by atoms with Crippen LogP contribution in [-0.2, 0) is 16.0 Å². The molecule has 8 heteroatoms. The van der Waals surface area contributed by atoms with Crippen molar-refractivity contribution in [3.05, 3.63) is 23.8 Å². The molecule has 3 atom stereocenters. The molecule has 0 aliphatic heterocycles. The van der Waals surface area contributed by atoms with Gasteiger partial charge in [-0.05, 0) is 42.4 Å². The fraction of sp³-hybridized carbons (Fsp3) is 0.731. The lowest BCUT2D eigenvalue weighted by Gasteiger charge is -2.31. The van der Waals surface area contributed by atoms with E-state index in [1.807, 2.05) is 39.0 Å². The molecule has 0 saturated heterocycles. The Bertz CT molecular complexity index is 724. The number of benzene rings is 1. The van der Waals surface area contributed by atoms with Crippen molar-refractivity contribution in [2.45, 2.75) is 66.0 Å². The van der Waals surface area contributed by atoms with E-state index in [4.69, 9.17) is 19.9 Å². The minimum Gasteiger partial charge on any atom is -0.493 e. The van der Waals surface area contributed by atoms with Crippen molar-refractivity contribution < 1.29 is 24.1 Å². The Morgan fingerprint density at radius 2 is 1.79 bits per heavy atom. The van der Waals surface area contributed by atoms with Crippen LogP contribution in [0.5, 0.6) is 11.5 Å². The third-order valence-electron chi connectivity index (χ3n) is 5.94. The summed E-state index contributed by atoms with van der Waals surface area (Å²) < 4.78 is 16.4. The summed E-state index contributed by atoms with van der Waals surface area (Å²) in [6, 6.07) is 5.59. The van der Waals surface area contributed by atoms with Crippen LogP contribution in [0.3, 0.4) is 0 Å². The van der Waals surface area contributed by atoms with Crippen molar-refractivity contribution >= 4 is 18.3 Å². The lowest BCUT2D eigenvalue weighted by Crippen LogP contribution is -2.47. The molecule has 0 aromatic heterocycles. The second-order valence-corrected chi connectivity index (χ2v) is 10.3. The van der Waals surface area contributed by atoms with Crippen LogP contribution in [0, 0.1) is 17.3 Å². The predicted molar refractivity (Wildman–Crippen MR) is 140 cm³/mol. The van der Waals surface area contributed by atoms with E-state index in [0.717, 1.165) is 24.2 Å². The van der Waals surface area contributed by atoms with E-state index in [9.17, 15) is 9.90 Å². The highest BCUT2D eigenvalue weighted by Crippen LogP contribution is 2.31. The van der Waals surface area contributed by atoms with Crippen molar-refractivity contribution in [2.24, 2.45) is 23.0 Å². The van der Waals surface area contributed by atoms with Gasteiger partial charge in [-0.25, -0.2) is 0 Å². The van der Waals surface area contributed by atoms with Crippen LogP contribution in [0.2, 0.25) is 0 Å². The largest absolute Gasteiger partial charge is 0.493 e. The lowest BCUT2D eigenvalue weighted by molar-refractivity contribution is -0.139. The molecule has 198 valence electrons. The molecule has 3 unspecified atom stereocenters. The van der Waals surface area contributed by atoms with Crippen LogP contribution in [-0.4, -0.2) is 69.1 Å². The molecule has 0 aliphatic rings. The average Bonchev–Trinajstić information content (AvgIpc) is 2.74. The molecule has 0 heterocycles. The summed E-state index contributed by atoms with van der Waals surface area (Å²) in [5, 5.41) is 10.7. The number of hydrogen-bond donors (Lipinski definition) is 2. The standard InChI is InChI=1S/C26H46N2O5.ClH/c1-18(2)20(16-21(27)22(29)17-28(6)25(30)26(3,4)5)14-19-10-11-23(32-8)24(15-19)33-13-9-12-31-7;/h10-11,15,18,20-22,29H,9,12-14,16-17,27H2,1-8H3;1H. The van der Waals surface area contributed by atoms with Gasteiger partial charge < -0.3 is 30.0 Å². The summed E-state index contributed by atoms with van der Waals surface area (Å²) in [6.07, 6.45) is 1.50. The molecule has 1 rings (SSSR count). The van der Waals surface area contributed by atoms with Gasteiger partial charge in [-0.1, -0.05) is 40.7 Å². The van der Waals surface area contributed by atoms with Crippen molar-refractivity contribution in [3.8, 4) is 11.5 Å². The van der Waals surface area contributed by atoms with E-state index in [1.165, 1.54) is 0 Å². The van der Waals surface area contributed by atoms with E-state index >= 15 is 0 Å². The van der Waals surface area contributed by atoms with Crippen LogP contribution in [0.1, 0.15) is 53.0 Å². The number of carbonyl (C=O) groups excluding carboxylic acids is 1. The first-order chi connectivity index (χ1) is 15.4. The van der Waals surface area contributed by atoms with Gasteiger partial charge in [0.1, 0.15) is 0 Å². The maximum absolute atomic E-state index is 12.4. The number of rotatable bonds is 14. The van der Waals surface area contributed by atoms with Crippen molar-refractivity contribution in [1.29, 1.82) is 0 Å². The fourth-order valence-corrected chi connectivity index (χ4v) is 3.82. The molecule has 0 fully saturated rings. The molecule has 3 N–H and O–H groups in total. The minimum absolute atomic E-state index is 0. The second-order valence-electron chi connectivity index (χ2n) is 10.3. The van der Waals surface area contributed by atoms with Crippen LogP contribution in [0.25, 0.3) is 0 Å². The monoisotopic (exact) mass is 502 g/mol. The Kier molecular flexibility index (Phi) is 14.8. The van der Waals surface area contributed by atoms with E-state index < -0.39 is 17.6 Å². The van der Waals surface area contributed by atoms with Crippen molar-refractivity contribution in [2.75, 3.05) is 41.0 Å². The quantitative estimate of drug-likeness (QED) is 0.374. The summed E-state index contributed by atoms with van der Waals surface area (Å²) in [6.45, 7) is 11.4. The van der Waals surface area contributed by atoms with E-state index in [-0.39, 0.29) is 30.8 Å². The van der Waals surface area contributed by atoms with Gasteiger partial charge >= 0.3 is 0 Å². The average molecular weight is 503 g/mol. The number of methoxy groups -OCH3 is 2. The van der Waals surface area contributed by atoms with E-state index in [2.05, 4.69) is 13.8 Å². The smallest absolute Gasteiger partial charge is 0.227 e. The number of aliphatic hydroxyl groups excluding tert-OH is 1. The number of carbonyl (C=O) groups is 1. The summed E-state index contributed by atoms with van der Waals surface area (Å²) >= 11 is 0. The van der Waals surface area contributed by atoms with E-state index in [1.54, 1.807) is 26.2 Å². The van der Waals surface area contributed by atoms with Gasteiger partial charge in [-0.2, -0.15) is 0 Å². The molecule has 0 radical (unpaired) electrons. The fourth-order valence-electron chi connectivity index (χ4n) is 3.82. The van der Waals surface area contributed by atoms with Gasteiger partial charge in [0.25, 0.3) is 0 Å². The topological polar surface area (TPSA) is 94.3 Å². The maximum atomic E-state index is 12.4. The molecule has 7 nitrogen and oxygen atoms in total. The number of hydrogen-bond acceptors (Lipinski definition) is 6. The SMILES string of the molecule is COCCCOc1cc(CC(CC(N)C(O)CN(C)C(=O)C(C)(C)C)C(C)C)ccc1OC.Cl. The lowest BCUT2D eigenvalue weighted by atomic mass is 9.83. The first kappa shape index (κ1) is 32.5. The zero-order valence-electron chi connectivity index (χ0n) is 22.3. The number of halogens is 1. The minimum atomic E-state index is -0.780. The van der Waals surface area contributed by atoms with Gasteiger partial charge in [0.15, 0.2) is 11.5 Å². The maximum Gasteiger partial charge on any atom is 0.227 e. The Labute approximate surface area is 212 Å². The number of amides is 1. The second kappa shape index (κ2) is 15.5. The van der Waals surface area contributed by atoms with Crippen LogP contribution >= 0.6 is 12.4 Å². The Hall–Kier alpha value is -1.54. The molecule has 1 aromatic carbocycles. The third-order valence-corrected chi connectivity index (χ3v) is 5.94. The molecular formula is C26H47ClN2O5. The number of nitrogens with two attached hydrogens (primary N) is 1. The van der Waals surface area contributed by atoms with Gasteiger partial charge in [-0.15, -0.1) is 12.4 Å². The normalized spacial score (nSPS) is 14.2. The molecule has 1 aromatic rings. The van der Waals surface area contributed by atoms with Gasteiger partial charge in [-0.3, -0.25) is 4.79 Å². The highest BCUT2D eigenvalue weighted by molar-refractivity contribution is 5.85. The summed E-state index contributed by atoms with van der Waals surface area (Å²) in [5.41, 5.74) is 7.04. The molecule has 0 bridgehead atoms. The van der Waals surface area contributed by atoms with Crippen LogP contribution < -0.4 is 15.2 Å².